The molecule has 0 amide bonds. The average Bonchev–Trinajstić information content (AvgIpc) is 3.21. The minimum atomic E-state index is -1.02. The van der Waals surface area contributed by atoms with Crippen LogP contribution in [0.2, 0.25) is 0 Å². The highest BCUT2D eigenvalue weighted by molar-refractivity contribution is 5.86. The second-order valence-corrected chi connectivity index (χ2v) is 4.67. The third kappa shape index (κ3) is 2.27. The number of hydrogen-bond donors (Lipinski definition) is 2. The van der Waals surface area contributed by atoms with Crippen molar-refractivity contribution >= 4 is 11.9 Å². The van der Waals surface area contributed by atoms with E-state index in [4.69, 9.17) is 5.11 Å². The molecule has 1 heterocycles. The van der Waals surface area contributed by atoms with Crippen LogP contribution < -0.4 is 5.32 Å². The van der Waals surface area contributed by atoms with Crippen molar-refractivity contribution in [3.05, 3.63) is 53.9 Å². The van der Waals surface area contributed by atoms with Gasteiger partial charge >= 0.3 is 5.97 Å². The summed E-state index contributed by atoms with van der Waals surface area (Å²) in [4.78, 5) is 18.8. The predicted octanol–water partition coefficient (Wildman–Crippen LogP) is 2.28. The van der Waals surface area contributed by atoms with E-state index in [1.165, 1.54) is 18.0 Å². The zero-order chi connectivity index (χ0) is 13.3. The van der Waals surface area contributed by atoms with Gasteiger partial charge in [0.2, 0.25) is 5.95 Å². The third-order valence-corrected chi connectivity index (χ3v) is 3.33. The van der Waals surface area contributed by atoms with Gasteiger partial charge in [0.25, 0.3) is 0 Å². The van der Waals surface area contributed by atoms with Crippen LogP contribution in [0, 0.1) is 0 Å². The molecule has 19 heavy (non-hydrogen) atoms. The monoisotopic (exact) mass is 255 g/mol. The zero-order valence-corrected chi connectivity index (χ0v) is 10.2. The number of carboxylic acids is 1. The van der Waals surface area contributed by atoms with Crippen LogP contribution >= 0.6 is 0 Å². The third-order valence-electron chi connectivity index (χ3n) is 3.33. The number of carbonyl (C=O) groups is 1. The molecule has 2 aromatic rings. The molecule has 0 atom stereocenters. The van der Waals surface area contributed by atoms with Crippen LogP contribution in [0.15, 0.2) is 42.7 Å². The number of nitrogens with zero attached hydrogens (tertiary/aromatic N) is 2. The molecule has 1 aliphatic carbocycles. The van der Waals surface area contributed by atoms with Gasteiger partial charge in [-0.25, -0.2) is 14.8 Å². The molecule has 3 rings (SSSR count). The predicted molar refractivity (Wildman–Crippen MR) is 70.0 cm³/mol. The lowest BCUT2D eigenvalue weighted by atomic mass is 10.1. The van der Waals surface area contributed by atoms with E-state index in [9.17, 15) is 4.79 Å². The van der Waals surface area contributed by atoms with Crippen molar-refractivity contribution in [2.75, 3.05) is 5.32 Å². The Labute approximate surface area is 110 Å². The standard InChI is InChI=1S/C14H13N3O2/c18-12(19)10-8-15-13(16-9-10)17-14(6-7-14)11-4-2-1-3-5-11/h1-5,8-9H,6-7H2,(H,18,19)(H,15,16,17). The van der Waals surface area contributed by atoms with Crippen molar-refractivity contribution in [1.82, 2.24) is 9.97 Å². The van der Waals surface area contributed by atoms with Crippen molar-refractivity contribution in [2.45, 2.75) is 18.4 Å². The molecule has 2 N–H and O–H groups in total. The maximum Gasteiger partial charge on any atom is 0.338 e. The van der Waals surface area contributed by atoms with E-state index in [0.29, 0.717) is 5.95 Å². The highest BCUT2D eigenvalue weighted by Crippen LogP contribution is 2.47. The first-order chi connectivity index (χ1) is 9.20. The van der Waals surface area contributed by atoms with Crippen LogP contribution in [0.5, 0.6) is 0 Å². The molecular weight excluding hydrogens is 242 g/mol. The molecule has 5 nitrogen and oxygen atoms in total. The van der Waals surface area contributed by atoms with Crippen molar-refractivity contribution in [3.63, 3.8) is 0 Å². The van der Waals surface area contributed by atoms with Gasteiger partial charge in [0.1, 0.15) is 0 Å². The van der Waals surface area contributed by atoms with Crippen molar-refractivity contribution < 1.29 is 9.90 Å². The Kier molecular flexibility index (Phi) is 2.67. The minimum Gasteiger partial charge on any atom is -0.478 e. The number of carboxylic acid groups (broad SMARTS) is 1. The lowest BCUT2D eigenvalue weighted by Crippen LogP contribution is -2.20. The Morgan fingerprint density at radius 2 is 1.79 bits per heavy atom. The van der Waals surface area contributed by atoms with Gasteiger partial charge in [-0.2, -0.15) is 0 Å². The molecule has 0 bridgehead atoms. The van der Waals surface area contributed by atoms with E-state index in [-0.39, 0.29) is 11.1 Å². The number of benzene rings is 1. The Hall–Kier alpha value is -2.43. The maximum atomic E-state index is 10.7. The molecule has 0 radical (unpaired) electrons. The van der Waals surface area contributed by atoms with Crippen LogP contribution in [0.4, 0.5) is 5.95 Å². The number of anilines is 1. The van der Waals surface area contributed by atoms with Crippen LogP contribution in [0.3, 0.4) is 0 Å². The molecule has 1 aliphatic rings. The normalized spacial score (nSPS) is 15.8. The number of hydrogen-bond acceptors (Lipinski definition) is 4. The second kappa shape index (κ2) is 4.35. The maximum absolute atomic E-state index is 10.7. The van der Waals surface area contributed by atoms with E-state index in [0.717, 1.165) is 12.8 Å². The quantitative estimate of drug-likeness (QED) is 0.876. The first kappa shape index (κ1) is 11.6. The van der Waals surface area contributed by atoms with E-state index in [2.05, 4.69) is 27.4 Å². The lowest BCUT2D eigenvalue weighted by Gasteiger charge is -2.17. The average molecular weight is 255 g/mol. The van der Waals surface area contributed by atoms with Crippen molar-refractivity contribution in [1.29, 1.82) is 0 Å². The molecule has 1 aromatic carbocycles. The van der Waals surface area contributed by atoms with Crippen molar-refractivity contribution in [2.24, 2.45) is 0 Å². The molecule has 96 valence electrons. The minimum absolute atomic E-state index is 0.0913. The fourth-order valence-corrected chi connectivity index (χ4v) is 2.09. The van der Waals surface area contributed by atoms with Gasteiger partial charge in [-0.15, -0.1) is 0 Å². The largest absolute Gasteiger partial charge is 0.478 e. The van der Waals surface area contributed by atoms with E-state index < -0.39 is 5.97 Å². The fraction of sp³-hybridized carbons (Fsp3) is 0.214. The topological polar surface area (TPSA) is 75.1 Å². The summed E-state index contributed by atoms with van der Waals surface area (Å²) in [6.45, 7) is 0. The summed E-state index contributed by atoms with van der Waals surface area (Å²) in [7, 11) is 0. The van der Waals surface area contributed by atoms with Gasteiger partial charge in [0, 0.05) is 12.4 Å². The second-order valence-electron chi connectivity index (χ2n) is 4.67. The zero-order valence-electron chi connectivity index (χ0n) is 10.2. The smallest absolute Gasteiger partial charge is 0.338 e. The van der Waals surface area contributed by atoms with Gasteiger partial charge in [-0.3, -0.25) is 0 Å². The Bertz CT molecular complexity index is 592. The highest BCUT2D eigenvalue weighted by Gasteiger charge is 2.44. The summed E-state index contributed by atoms with van der Waals surface area (Å²) in [5.41, 5.74) is 1.21. The van der Waals surface area contributed by atoms with Crippen molar-refractivity contribution in [3.8, 4) is 0 Å². The summed E-state index contributed by atoms with van der Waals surface area (Å²) in [5, 5.41) is 12.1. The Balaban J connectivity index is 1.80. The summed E-state index contributed by atoms with van der Waals surface area (Å²) >= 11 is 0. The van der Waals surface area contributed by atoms with Gasteiger partial charge < -0.3 is 10.4 Å². The first-order valence-electron chi connectivity index (χ1n) is 6.09. The number of nitrogens with one attached hydrogen (secondary N) is 1. The van der Waals surface area contributed by atoms with Crippen LogP contribution in [0.1, 0.15) is 28.8 Å². The van der Waals surface area contributed by atoms with E-state index >= 15 is 0 Å². The fourth-order valence-electron chi connectivity index (χ4n) is 2.09. The Morgan fingerprint density at radius 3 is 2.32 bits per heavy atom. The summed E-state index contributed by atoms with van der Waals surface area (Å²) in [6.07, 6.45) is 4.69. The number of aromatic nitrogens is 2. The lowest BCUT2D eigenvalue weighted by molar-refractivity contribution is 0.0696. The SMILES string of the molecule is O=C(O)c1cnc(NC2(c3ccccc3)CC2)nc1. The van der Waals surface area contributed by atoms with E-state index in [1.807, 2.05) is 18.2 Å². The van der Waals surface area contributed by atoms with Crippen LogP contribution in [-0.2, 0) is 5.54 Å². The molecule has 1 aromatic heterocycles. The molecule has 0 aliphatic heterocycles. The molecule has 0 saturated heterocycles. The summed E-state index contributed by atoms with van der Waals surface area (Å²) in [6, 6.07) is 10.1. The summed E-state index contributed by atoms with van der Waals surface area (Å²) < 4.78 is 0. The number of aromatic carboxylic acids is 1. The molecule has 1 fully saturated rings. The molecule has 5 heteroatoms. The molecular formula is C14H13N3O2. The molecule has 1 saturated carbocycles. The van der Waals surface area contributed by atoms with Crippen LogP contribution in [-0.4, -0.2) is 21.0 Å². The first-order valence-corrected chi connectivity index (χ1v) is 6.09. The Morgan fingerprint density at radius 1 is 1.16 bits per heavy atom. The highest BCUT2D eigenvalue weighted by atomic mass is 16.4. The summed E-state index contributed by atoms with van der Waals surface area (Å²) in [5.74, 6) is -0.554. The van der Waals surface area contributed by atoms with Gasteiger partial charge in [-0.05, 0) is 18.4 Å². The molecule has 0 unspecified atom stereocenters. The van der Waals surface area contributed by atoms with Gasteiger partial charge in [0.15, 0.2) is 0 Å². The van der Waals surface area contributed by atoms with E-state index in [1.54, 1.807) is 0 Å². The molecule has 0 spiro atoms. The van der Waals surface area contributed by atoms with Gasteiger partial charge in [0.05, 0.1) is 11.1 Å². The number of rotatable bonds is 4. The van der Waals surface area contributed by atoms with Gasteiger partial charge in [-0.1, -0.05) is 30.3 Å². The van der Waals surface area contributed by atoms with Crippen LogP contribution in [0.25, 0.3) is 0 Å².